The summed E-state index contributed by atoms with van der Waals surface area (Å²) < 4.78 is 66.3. The van der Waals surface area contributed by atoms with Crippen LogP contribution in [0.15, 0.2) is 53.4 Å². The number of benzene rings is 2. The molecule has 0 saturated carbocycles. The average molecular weight is 513 g/mol. The van der Waals surface area contributed by atoms with E-state index in [-0.39, 0.29) is 30.1 Å². The lowest BCUT2D eigenvalue weighted by Crippen LogP contribution is -2.32. The van der Waals surface area contributed by atoms with Crippen molar-refractivity contribution in [1.82, 2.24) is 5.32 Å². The van der Waals surface area contributed by atoms with E-state index in [0.717, 1.165) is 22.6 Å². The number of anilines is 1. The highest BCUT2D eigenvalue weighted by Crippen LogP contribution is 2.33. The third-order valence-electron chi connectivity index (χ3n) is 5.28. The predicted octanol–water partition coefficient (Wildman–Crippen LogP) is 1.61. The number of halogens is 3. The maximum atomic E-state index is 12.9. The van der Waals surface area contributed by atoms with Crippen molar-refractivity contribution in [3.8, 4) is 0 Å². The first-order valence-electron chi connectivity index (χ1n) is 10.4. The molecular formula is C22H22F3N3O6S. The van der Waals surface area contributed by atoms with E-state index in [4.69, 9.17) is 9.88 Å². The summed E-state index contributed by atoms with van der Waals surface area (Å²) in [6, 6.07) is 10.0. The van der Waals surface area contributed by atoms with Gasteiger partial charge in [-0.3, -0.25) is 14.4 Å². The van der Waals surface area contributed by atoms with Crippen LogP contribution in [0.5, 0.6) is 0 Å². The van der Waals surface area contributed by atoms with Crippen molar-refractivity contribution in [1.29, 1.82) is 0 Å². The van der Waals surface area contributed by atoms with E-state index in [1.165, 1.54) is 24.3 Å². The molecule has 1 heterocycles. The van der Waals surface area contributed by atoms with Crippen molar-refractivity contribution >= 4 is 33.5 Å². The van der Waals surface area contributed by atoms with E-state index in [0.29, 0.717) is 6.42 Å². The molecule has 13 heteroatoms. The number of alkyl halides is 3. The molecule has 0 aliphatic carbocycles. The minimum atomic E-state index is -4.57. The van der Waals surface area contributed by atoms with E-state index in [1.807, 2.05) is 0 Å². The third-order valence-corrected chi connectivity index (χ3v) is 6.21. The van der Waals surface area contributed by atoms with Gasteiger partial charge in [0.1, 0.15) is 0 Å². The maximum absolute atomic E-state index is 12.9. The van der Waals surface area contributed by atoms with Gasteiger partial charge in [0.15, 0.2) is 6.61 Å². The zero-order valence-corrected chi connectivity index (χ0v) is 19.1. The Hall–Kier alpha value is -3.45. The van der Waals surface area contributed by atoms with Crippen LogP contribution in [0.1, 0.15) is 17.5 Å². The lowest BCUT2D eigenvalue weighted by atomic mass is 10.1. The molecule has 35 heavy (non-hydrogen) atoms. The summed E-state index contributed by atoms with van der Waals surface area (Å²) >= 11 is 0. The van der Waals surface area contributed by atoms with Gasteiger partial charge >= 0.3 is 12.1 Å². The Morgan fingerprint density at radius 2 is 1.83 bits per heavy atom. The number of nitrogens with two attached hydrogens (primary N) is 1. The molecule has 1 unspecified atom stereocenters. The monoisotopic (exact) mass is 513 g/mol. The molecule has 2 amide bonds. The van der Waals surface area contributed by atoms with Gasteiger partial charge in [0.05, 0.1) is 16.4 Å². The van der Waals surface area contributed by atoms with Crippen molar-refractivity contribution in [2.75, 3.05) is 24.6 Å². The Balaban J connectivity index is 1.45. The molecule has 0 bridgehead atoms. The largest absolute Gasteiger partial charge is 0.455 e. The summed E-state index contributed by atoms with van der Waals surface area (Å²) in [5.74, 6) is -2.83. The first kappa shape index (κ1) is 26.2. The Morgan fingerprint density at radius 3 is 2.46 bits per heavy atom. The number of rotatable bonds is 8. The van der Waals surface area contributed by atoms with E-state index < -0.39 is 52.1 Å². The van der Waals surface area contributed by atoms with Crippen LogP contribution in [0, 0.1) is 5.92 Å². The van der Waals surface area contributed by atoms with Crippen molar-refractivity contribution in [2.24, 2.45) is 11.1 Å². The highest BCUT2D eigenvalue weighted by Gasteiger charge is 2.37. The summed E-state index contributed by atoms with van der Waals surface area (Å²) in [5, 5.41) is 7.57. The number of nitrogens with zero attached hydrogens (tertiary/aromatic N) is 1. The zero-order valence-electron chi connectivity index (χ0n) is 18.2. The second-order valence-electron chi connectivity index (χ2n) is 7.85. The van der Waals surface area contributed by atoms with Gasteiger partial charge in [-0.1, -0.05) is 18.2 Å². The minimum absolute atomic E-state index is 0.0231. The van der Waals surface area contributed by atoms with Gasteiger partial charge in [-0.2, -0.15) is 13.2 Å². The first-order chi connectivity index (χ1) is 16.3. The average Bonchev–Trinajstić information content (AvgIpc) is 3.18. The van der Waals surface area contributed by atoms with Crippen molar-refractivity contribution in [3.05, 3.63) is 59.7 Å². The topological polar surface area (TPSA) is 136 Å². The van der Waals surface area contributed by atoms with Crippen LogP contribution < -0.4 is 15.4 Å². The Bertz CT molecular complexity index is 1220. The molecule has 0 spiro atoms. The fraction of sp³-hybridized carbons (Fsp3) is 0.318. The van der Waals surface area contributed by atoms with E-state index in [1.54, 1.807) is 12.1 Å². The fourth-order valence-electron chi connectivity index (χ4n) is 3.46. The molecule has 1 aliphatic rings. The number of amides is 2. The van der Waals surface area contributed by atoms with Crippen LogP contribution >= 0.6 is 0 Å². The van der Waals surface area contributed by atoms with Crippen molar-refractivity contribution < 1.29 is 40.7 Å². The van der Waals surface area contributed by atoms with Crippen LogP contribution in [-0.2, 0) is 41.7 Å². The number of primary sulfonamides is 1. The molecule has 2 aromatic rings. The fourth-order valence-corrected chi connectivity index (χ4v) is 3.98. The number of hydrogen-bond acceptors (Lipinski definition) is 6. The molecular weight excluding hydrogens is 491 g/mol. The number of hydrogen-bond donors (Lipinski definition) is 2. The SMILES string of the molecule is NS(=O)(=O)c1ccc(CCNC(=O)COC(=O)C2CC(=O)N(c3cccc(C(F)(F)F)c3)C2)cc1. The molecule has 9 nitrogen and oxygen atoms in total. The Morgan fingerprint density at radius 1 is 1.14 bits per heavy atom. The van der Waals surface area contributed by atoms with Crippen LogP contribution in [0.25, 0.3) is 0 Å². The molecule has 1 atom stereocenters. The molecule has 3 rings (SSSR count). The van der Waals surface area contributed by atoms with Gasteiger partial charge < -0.3 is 15.0 Å². The maximum Gasteiger partial charge on any atom is 0.416 e. The third kappa shape index (κ3) is 7.02. The van der Waals surface area contributed by atoms with Gasteiger partial charge in [0, 0.05) is 25.2 Å². The summed E-state index contributed by atoms with van der Waals surface area (Å²) in [6.45, 7) is -0.553. The number of carbonyl (C=O) groups excluding carboxylic acids is 3. The predicted molar refractivity (Wildman–Crippen MR) is 117 cm³/mol. The van der Waals surface area contributed by atoms with E-state index >= 15 is 0 Å². The lowest BCUT2D eigenvalue weighted by molar-refractivity contribution is -0.152. The minimum Gasteiger partial charge on any atom is -0.455 e. The van der Waals surface area contributed by atoms with Crippen molar-refractivity contribution in [3.63, 3.8) is 0 Å². The summed E-state index contributed by atoms with van der Waals surface area (Å²) in [6.07, 6.45) is -4.43. The normalized spacial score (nSPS) is 16.3. The summed E-state index contributed by atoms with van der Waals surface area (Å²) in [5.41, 5.74) is -0.144. The van der Waals surface area contributed by atoms with Gasteiger partial charge in [-0.15, -0.1) is 0 Å². The number of carbonyl (C=O) groups is 3. The first-order valence-corrected chi connectivity index (χ1v) is 11.9. The van der Waals surface area contributed by atoms with Crippen molar-refractivity contribution in [2.45, 2.75) is 23.9 Å². The second kappa shape index (κ2) is 10.4. The summed E-state index contributed by atoms with van der Waals surface area (Å²) in [4.78, 5) is 37.5. The lowest BCUT2D eigenvalue weighted by Gasteiger charge is -2.18. The van der Waals surface area contributed by atoms with E-state index in [9.17, 15) is 36.0 Å². The molecule has 2 aromatic carbocycles. The highest BCUT2D eigenvalue weighted by molar-refractivity contribution is 7.89. The second-order valence-corrected chi connectivity index (χ2v) is 9.41. The highest BCUT2D eigenvalue weighted by atomic mass is 32.2. The van der Waals surface area contributed by atoms with Gasteiger partial charge in [0.25, 0.3) is 5.91 Å². The molecule has 0 aromatic heterocycles. The molecule has 0 radical (unpaired) electrons. The molecule has 1 aliphatic heterocycles. The Kier molecular flexibility index (Phi) is 7.80. The number of nitrogens with one attached hydrogen (secondary N) is 1. The Labute approximate surface area is 199 Å². The zero-order chi connectivity index (χ0) is 25.8. The summed E-state index contributed by atoms with van der Waals surface area (Å²) in [7, 11) is -3.79. The number of esters is 1. The number of ether oxygens (including phenoxy) is 1. The van der Waals surface area contributed by atoms with Crippen LogP contribution in [0.2, 0.25) is 0 Å². The number of sulfonamides is 1. The van der Waals surface area contributed by atoms with Crippen LogP contribution in [0.4, 0.5) is 18.9 Å². The van der Waals surface area contributed by atoms with Gasteiger partial charge in [0.2, 0.25) is 15.9 Å². The molecule has 1 fully saturated rings. The van der Waals surface area contributed by atoms with Crippen LogP contribution in [0.3, 0.4) is 0 Å². The molecule has 3 N–H and O–H groups in total. The standard InChI is InChI=1S/C22H22F3N3O6S/c23-22(24,25)16-2-1-3-17(11-16)28-12-15(10-20(28)30)21(31)34-13-19(29)27-9-8-14-4-6-18(7-5-14)35(26,32)33/h1-7,11,15H,8-10,12-13H2,(H,27,29)(H2,26,32,33). The van der Waals surface area contributed by atoms with E-state index in [2.05, 4.69) is 5.32 Å². The molecule has 1 saturated heterocycles. The smallest absolute Gasteiger partial charge is 0.416 e. The van der Waals surface area contributed by atoms with Gasteiger partial charge in [-0.25, -0.2) is 13.6 Å². The molecule has 188 valence electrons. The quantitative estimate of drug-likeness (QED) is 0.515. The van der Waals surface area contributed by atoms with Crippen LogP contribution in [-0.4, -0.2) is 45.9 Å². The van der Waals surface area contributed by atoms with Gasteiger partial charge in [-0.05, 0) is 42.3 Å².